The lowest BCUT2D eigenvalue weighted by Crippen LogP contribution is -2.26. The second-order valence-electron chi connectivity index (χ2n) is 10.7. The van der Waals surface area contributed by atoms with Gasteiger partial charge in [-0.3, -0.25) is 14.5 Å². The van der Waals surface area contributed by atoms with Gasteiger partial charge in [0.25, 0.3) is 0 Å². The molecule has 0 bridgehead atoms. The van der Waals surface area contributed by atoms with Crippen LogP contribution in [-0.4, -0.2) is 44.6 Å². The van der Waals surface area contributed by atoms with Crippen LogP contribution >= 0.6 is 11.6 Å². The lowest BCUT2D eigenvalue weighted by atomic mass is 10.0. The van der Waals surface area contributed by atoms with Crippen molar-refractivity contribution >= 4 is 28.6 Å². The predicted molar refractivity (Wildman–Crippen MR) is 167 cm³/mol. The average molecular weight is 614 g/mol. The molecule has 4 aromatic rings. The SMILES string of the molecule is CCCC(NCCCN=C(N)N)c1ncc(-n2cc3cc(-c4cc(CCCC(C)N)cc(Cl)c4F)[nH]c3nc2=O)cc1F. The minimum absolute atomic E-state index is 0.00533. The van der Waals surface area contributed by atoms with Gasteiger partial charge >= 0.3 is 5.69 Å². The Hall–Kier alpha value is -3.87. The maximum absolute atomic E-state index is 15.4. The van der Waals surface area contributed by atoms with Gasteiger partial charge in [0.15, 0.2) is 11.8 Å². The van der Waals surface area contributed by atoms with Gasteiger partial charge in [-0.25, -0.2) is 13.6 Å². The summed E-state index contributed by atoms with van der Waals surface area (Å²) in [5.74, 6) is -1.10. The van der Waals surface area contributed by atoms with Gasteiger partial charge < -0.3 is 27.5 Å². The van der Waals surface area contributed by atoms with Crippen LogP contribution in [0.2, 0.25) is 5.02 Å². The molecular weight excluding hydrogens is 576 g/mol. The highest BCUT2D eigenvalue weighted by molar-refractivity contribution is 6.31. The summed E-state index contributed by atoms with van der Waals surface area (Å²) in [6.45, 7) is 4.98. The summed E-state index contributed by atoms with van der Waals surface area (Å²) >= 11 is 6.22. The van der Waals surface area contributed by atoms with Crippen molar-refractivity contribution in [1.29, 1.82) is 0 Å². The lowest BCUT2D eigenvalue weighted by Gasteiger charge is -2.18. The number of aliphatic imine (C=N–C) groups is 1. The Morgan fingerprint density at radius 1 is 1.19 bits per heavy atom. The summed E-state index contributed by atoms with van der Waals surface area (Å²) in [6.07, 6.45) is 7.48. The smallest absolute Gasteiger partial charge is 0.354 e. The van der Waals surface area contributed by atoms with Crippen LogP contribution in [-0.2, 0) is 6.42 Å². The van der Waals surface area contributed by atoms with E-state index in [1.807, 2.05) is 13.8 Å². The zero-order valence-electron chi connectivity index (χ0n) is 24.3. The van der Waals surface area contributed by atoms with Gasteiger partial charge in [0, 0.05) is 35.8 Å². The number of hydrogen-bond acceptors (Lipinski definition) is 6. The largest absolute Gasteiger partial charge is 0.370 e. The number of nitrogens with zero attached hydrogens (tertiary/aromatic N) is 4. The Bertz CT molecular complexity index is 1650. The Labute approximate surface area is 253 Å². The third-order valence-electron chi connectivity index (χ3n) is 7.07. The Morgan fingerprint density at radius 3 is 2.67 bits per heavy atom. The molecule has 13 heteroatoms. The zero-order chi connectivity index (χ0) is 31.1. The molecule has 0 spiro atoms. The average Bonchev–Trinajstić information content (AvgIpc) is 3.36. The molecule has 3 heterocycles. The maximum Gasteiger partial charge on any atom is 0.354 e. The van der Waals surface area contributed by atoms with Crippen molar-refractivity contribution in [2.24, 2.45) is 22.2 Å². The molecular formula is C30H38ClF2N9O. The fourth-order valence-corrected chi connectivity index (χ4v) is 5.19. The first-order valence-corrected chi connectivity index (χ1v) is 14.8. The van der Waals surface area contributed by atoms with E-state index in [4.69, 9.17) is 28.8 Å². The molecule has 0 aliphatic carbocycles. The molecule has 230 valence electrons. The number of hydrogen-bond donors (Lipinski definition) is 5. The Morgan fingerprint density at radius 2 is 1.98 bits per heavy atom. The van der Waals surface area contributed by atoms with E-state index >= 15 is 8.78 Å². The molecule has 2 atom stereocenters. The Balaban J connectivity index is 1.60. The molecule has 0 aliphatic heterocycles. The minimum atomic E-state index is -0.638. The standard InChI is InChI=1S/C30H38ClF2N9O/c1-3-6-24(37-9-5-10-38-29(35)36)27-23(32)14-20(15-39-27)42-16-19-13-25(40-28(19)41-30(42)43)21-11-18(8-4-7-17(2)34)12-22(31)26(21)33/h11-17,24,37H,3-10,34H2,1-2H3,(H4,35,36,38)(H,40,41,43). The van der Waals surface area contributed by atoms with E-state index in [0.29, 0.717) is 43.4 Å². The van der Waals surface area contributed by atoms with Crippen LogP contribution in [0.3, 0.4) is 0 Å². The zero-order valence-corrected chi connectivity index (χ0v) is 25.1. The molecule has 4 rings (SSSR count). The van der Waals surface area contributed by atoms with E-state index in [-0.39, 0.29) is 45.7 Å². The van der Waals surface area contributed by atoms with Crippen LogP contribution in [0, 0.1) is 11.6 Å². The first-order chi connectivity index (χ1) is 20.6. The second kappa shape index (κ2) is 14.5. The van der Waals surface area contributed by atoms with Crippen LogP contribution in [0.4, 0.5) is 8.78 Å². The quantitative estimate of drug-likeness (QED) is 0.0794. The number of aromatic amines is 1. The second-order valence-corrected chi connectivity index (χ2v) is 11.1. The van der Waals surface area contributed by atoms with E-state index < -0.39 is 17.3 Å². The summed E-state index contributed by atoms with van der Waals surface area (Å²) in [6, 6.07) is 6.05. The molecule has 0 radical (unpaired) electrons. The topological polar surface area (TPSA) is 166 Å². The van der Waals surface area contributed by atoms with Crippen molar-refractivity contribution in [1.82, 2.24) is 24.8 Å². The van der Waals surface area contributed by atoms with Crippen molar-refractivity contribution in [3.63, 3.8) is 0 Å². The number of pyridine rings is 1. The van der Waals surface area contributed by atoms with Crippen LogP contribution in [0.1, 0.15) is 63.3 Å². The highest BCUT2D eigenvalue weighted by Crippen LogP contribution is 2.31. The summed E-state index contributed by atoms with van der Waals surface area (Å²) < 4.78 is 31.7. The van der Waals surface area contributed by atoms with E-state index in [0.717, 1.165) is 24.8 Å². The first kappa shape index (κ1) is 32.1. The van der Waals surface area contributed by atoms with Crippen molar-refractivity contribution in [2.45, 2.75) is 64.5 Å². The third-order valence-corrected chi connectivity index (χ3v) is 7.35. The molecule has 43 heavy (non-hydrogen) atoms. The fourth-order valence-electron chi connectivity index (χ4n) is 4.95. The molecule has 10 nitrogen and oxygen atoms in total. The number of benzene rings is 1. The van der Waals surface area contributed by atoms with Crippen LogP contribution in [0.25, 0.3) is 28.0 Å². The van der Waals surface area contributed by atoms with Crippen molar-refractivity contribution < 1.29 is 8.78 Å². The van der Waals surface area contributed by atoms with Crippen LogP contribution in [0.15, 0.2) is 46.4 Å². The molecule has 8 N–H and O–H groups in total. The molecule has 3 aromatic heterocycles. The lowest BCUT2D eigenvalue weighted by molar-refractivity contribution is 0.454. The molecule has 2 unspecified atom stereocenters. The molecule has 0 fully saturated rings. The number of H-pyrrole nitrogens is 1. The minimum Gasteiger partial charge on any atom is -0.370 e. The van der Waals surface area contributed by atoms with E-state index in [9.17, 15) is 4.79 Å². The Kier molecular flexibility index (Phi) is 10.8. The number of fused-ring (bicyclic) bond motifs is 1. The maximum atomic E-state index is 15.4. The van der Waals surface area contributed by atoms with Gasteiger partial charge in [-0.05, 0) is 69.3 Å². The van der Waals surface area contributed by atoms with Crippen molar-refractivity contribution in [3.8, 4) is 16.9 Å². The van der Waals surface area contributed by atoms with Gasteiger partial charge in [-0.1, -0.05) is 24.9 Å². The molecule has 0 amide bonds. The highest BCUT2D eigenvalue weighted by atomic mass is 35.5. The molecule has 0 saturated carbocycles. The fraction of sp³-hybridized carbons (Fsp3) is 0.400. The van der Waals surface area contributed by atoms with E-state index in [1.54, 1.807) is 18.2 Å². The molecule has 0 saturated heterocycles. The monoisotopic (exact) mass is 613 g/mol. The number of aryl methyl sites for hydroxylation is 1. The molecule has 0 aliphatic rings. The van der Waals surface area contributed by atoms with Crippen LogP contribution < -0.4 is 28.2 Å². The van der Waals surface area contributed by atoms with Crippen molar-refractivity contribution in [3.05, 3.63) is 75.1 Å². The number of guanidine groups is 1. The number of rotatable bonds is 14. The first-order valence-electron chi connectivity index (χ1n) is 14.4. The summed E-state index contributed by atoms with van der Waals surface area (Å²) in [4.78, 5) is 28.4. The number of nitrogens with one attached hydrogen (secondary N) is 2. The number of halogens is 3. The predicted octanol–water partition coefficient (Wildman–Crippen LogP) is 4.47. The van der Waals surface area contributed by atoms with E-state index in [2.05, 4.69) is 25.3 Å². The van der Waals surface area contributed by atoms with Gasteiger partial charge in [0.1, 0.15) is 11.5 Å². The van der Waals surface area contributed by atoms with E-state index in [1.165, 1.54) is 23.0 Å². The third kappa shape index (κ3) is 8.15. The van der Waals surface area contributed by atoms with Gasteiger partial charge in [-0.2, -0.15) is 4.98 Å². The number of nitrogens with two attached hydrogens (primary N) is 3. The molecule has 1 aromatic carbocycles. The van der Waals surface area contributed by atoms with Gasteiger partial charge in [0.2, 0.25) is 0 Å². The summed E-state index contributed by atoms with van der Waals surface area (Å²) in [5.41, 5.74) is 18.2. The van der Waals surface area contributed by atoms with Gasteiger partial charge in [-0.15, -0.1) is 0 Å². The van der Waals surface area contributed by atoms with Gasteiger partial charge in [0.05, 0.1) is 34.3 Å². The summed E-state index contributed by atoms with van der Waals surface area (Å²) in [7, 11) is 0. The summed E-state index contributed by atoms with van der Waals surface area (Å²) in [5, 5.41) is 3.85. The van der Waals surface area contributed by atoms with Crippen molar-refractivity contribution in [2.75, 3.05) is 13.1 Å². The normalized spacial score (nSPS) is 12.9. The highest BCUT2D eigenvalue weighted by Gasteiger charge is 2.19. The van der Waals surface area contributed by atoms with Crippen LogP contribution in [0.5, 0.6) is 0 Å². The number of aromatic nitrogens is 4.